The van der Waals surface area contributed by atoms with Crippen LogP contribution in [0.4, 0.5) is 4.39 Å². The molecule has 1 aliphatic heterocycles. The summed E-state index contributed by atoms with van der Waals surface area (Å²) in [5, 5.41) is 8.56. The van der Waals surface area contributed by atoms with Crippen LogP contribution in [0.25, 0.3) is 0 Å². The van der Waals surface area contributed by atoms with E-state index in [-0.39, 0.29) is 24.3 Å². The van der Waals surface area contributed by atoms with Crippen LogP contribution in [0.15, 0.2) is 24.3 Å². The first kappa shape index (κ1) is 13.7. The lowest BCUT2D eigenvalue weighted by Crippen LogP contribution is -2.38. The lowest BCUT2D eigenvalue weighted by atomic mass is 10.1. The Bertz CT molecular complexity index is 466. The standard InChI is InChI=1S/C14H16FNO3/c1-9(5-4-8-12(15)17)16-13(18)10-6-2-3-7-11(10)14(16)19/h2-3,6-7,9,12,17H,4-5,8H2,1H3. The average Bonchev–Trinajstić information content (AvgIpc) is 2.62. The van der Waals surface area contributed by atoms with Crippen LogP contribution in [0, 0.1) is 0 Å². The van der Waals surface area contributed by atoms with E-state index in [4.69, 9.17) is 5.11 Å². The van der Waals surface area contributed by atoms with E-state index in [0.29, 0.717) is 24.0 Å². The summed E-state index contributed by atoms with van der Waals surface area (Å²) in [6.07, 6.45) is -0.916. The fourth-order valence-corrected chi connectivity index (χ4v) is 2.32. The van der Waals surface area contributed by atoms with E-state index in [2.05, 4.69) is 0 Å². The van der Waals surface area contributed by atoms with Gasteiger partial charge in [0.15, 0.2) is 6.36 Å². The molecule has 1 aromatic rings. The van der Waals surface area contributed by atoms with Crippen LogP contribution >= 0.6 is 0 Å². The third-order valence-corrected chi connectivity index (χ3v) is 3.33. The molecule has 2 rings (SSSR count). The number of nitrogens with zero attached hydrogens (tertiary/aromatic N) is 1. The van der Waals surface area contributed by atoms with Crippen molar-refractivity contribution >= 4 is 11.8 Å². The van der Waals surface area contributed by atoms with Gasteiger partial charge in [-0.3, -0.25) is 14.5 Å². The van der Waals surface area contributed by atoms with Gasteiger partial charge in [0.1, 0.15) is 0 Å². The van der Waals surface area contributed by atoms with Gasteiger partial charge in [0.2, 0.25) is 0 Å². The number of alkyl halides is 1. The molecule has 0 fully saturated rings. The van der Waals surface area contributed by atoms with Crippen LogP contribution < -0.4 is 0 Å². The Morgan fingerprint density at radius 3 is 2.16 bits per heavy atom. The third-order valence-electron chi connectivity index (χ3n) is 3.33. The SMILES string of the molecule is CC(CCCC(O)F)N1C(=O)c2ccccc2C1=O. The normalized spacial score (nSPS) is 17.5. The number of hydrogen-bond acceptors (Lipinski definition) is 3. The van der Waals surface area contributed by atoms with E-state index in [0.717, 1.165) is 0 Å². The molecule has 2 unspecified atom stereocenters. The molecule has 0 bridgehead atoms. The Labute approximate surface area is 110 Å². The molecule has 1 N–H and O–H groups in total. The zero-order valence-corrected chi connectivity index (χ0v) is 10.7. The number of benzene rings is 1. The number of halogens is 1. The molecule has 0 radical (unpaired) electrons. The summed E-state index contributed by atoms with van der Waals surface area (Å²) < 4.78 is 12.3. The van der Waals surface area contributed by atoms with Crippen molar-refractivity contribution < 1.29 is 19.1 Å². The Morgan fingerprint density at radius 2 is 1.68 bits per heavy atom. The summed E-state index contributed by atoms with van der Waals surface area (Å²) in [4.78, 5) is 25.5. The molecule has 5 heteroatoms. The molecular weight excluding hydrogens is 249 g/mol. The Hall–Kier alpha value is -1.75. The minimum atomic E-state index is -1.84. The van der Waals surface area contributed by atoms with Gasteiger partial charge in [-0.05, 0) is 31.9 Å². The van der Waals surface area contributed by atoms with Gasteiger partial charge in [0, 0.05) is 12.5 Å². The van der Waals surface area contributed by atoms with Crippen LogP contribution in [0.2, 0.25) is 0 Å². The predicted molar refractivity (Wildman–Crippen MR) is 67.4 cm³/mol. The van der Waals surface area contributed by atoms with Crippen molar-refractivity contribution in [3.63, 3.8) is 0 Å². The van der Waals surface area contributed by atoms with E-state index < -0.39 is 6.36 Å². The average molecular weight is 265 g/mol. The summed E-state index contributed by atoms with van der Waals surface area (Å²) >= 11 is 0. The van der Waals surface area contributed by atoms with Gasteiger partial charge >= 0.3 is 0 Å². The van der Waals surface area contributed by atoms with Gasteiger partial charge in [-0.25, -0.2) is 4.39 Å². The number of imide groups is 1. The highest BCUT2D eigenvalue weighted by Crippen LogP contribution is 2.26. The number of fused-ring (bicyclic) bond motifs is 1. The number of aliphatic hydroxyl groups is 1. The maximum absolute atomic E-state index is 12.3. The number of amides is 2. The molecule has 0 aliphatic carbocycles. The molecule has 0 saturated heterocycles. The van der Waals surface area contributed by atoms with Crippen LogP contribution in [-0.2, 0) is 0 Å². The molecule has 1 aliphatic rings. The zero-order valence-electron chi connectivity index (χ0n) is 10.7. The molecule has 1 aromatic carbocycles. The number of carbonyl (C=O) groups excluding carboxylic acids is 2. The minimum Gasteiger partial charge on any atom is -0.364 e. The van der Waals surface area contributed by atoms with Crippen molar-refractivity contribution in [3.8, 4) is 0 Å². The summed E-state index contributed by atoms with van der Waals surface area (Å²) in [5.74, 6) is -0.595. The number of carbonyl (C=O) groups is 2. The first-order valence-corrected chi connectivity index (χ1v) is 6.31. The predicted octanol–water partition coefficient (Wildman–Crippen LogP) is 2.13. The fourth-order valence-electron chi connectivity index (χ4n) is 2.32. The van der Waals surface area contributed by atoms with Crippen molar-refractivity contribution in [2.45, 2.75) is 38.6 Å². The van der Waals surface area contributed by atoms with Gasteiger partial charge in [-0.2, -0.15) is 0 Å². The van der Waals surface area contributed by atoms with E-state index in [1.807, 2.05) is 0 Å². The second kappa shape index (κ2) is 5.48. The molecule has 2 amide bonds. The van der Waals surface area contributed by atoms with Crippen molar-refractivity contribution in [3.05, 3.63) is 35.4 Å². The lowest BCUT2D eigenvalue weighted by Gasteiger charge is -2.22. The molecule has 1 heterocycles. The van der Waals surface area contributed by atoms with E-state index in [1.54, 1.807) is 31.2 Å². The van der Waals surface area contributed by atoms with Crippen LogP contribution in [-0.4, -0.2) is 34.2 Å². The summed E-state index contributed by atoms with van der Waals surface area (Å²) in [6, 6.07) is 6.40. The van der Waals surface area contributed by atoms with E-state index in [9.17, 15) is 14.0 Å². The second-order valence-electron chi connectivity index (χ2n) is 4.74. The molecule has 0 saturated carbocycles. The Balaban J connectivity index is 2.07. The largest absolute Gasteiger partial charge is 0.364 e. The molecule has 2 atom stereocenters. The van der Waals surface area contributed by atoms with Gasteiger partial charge in [0.25, 0.3) is 11.8 Å². The van der Waals surface area contributed by atoms with E-state index >= 15 is 0 Å². The van der Waals surface area contributed by atoms with Crippen LogP contribution in [0.1, 0.15) is 46.9 Å². The van der Waals surface area contributed by atoms with Crippen molar-refractivity contribution in [2.75, 3.05) is 0 Å². The summed E-state index contributed by atoms with van der Waals surface area (Å²) in [6.45, 7) is 1.76. The smallest absolute Gasteiger partial charge is 0.261 e. The highest BCUT2D eigenvalue weighted by Gasteiger charge is 2.37. The highest BCUT2D eigenvalue weighted by atomic mass is 19.1. The first-order chi connectivity index (χ1) is 9.02. The first-order valence-electron chi connectivity index (χ1n) is 6.31. The number of aliphatic hydroxyl groups excluding tert-OH is 1. The van der Waals surface area contributed by atoms with Gasteiger partial charge in [-0.15, -0.1) is 0 Å². The van der Waals surface area contributed by atoms with Gasteiger partial charge < -0.3 is 5.11 Å². The molecule has 0 aromatic heterocycles. The maximum atomic E-state index is 12.3. The number of rotatable bonds is 5. The lowest BCUT2D eigenvalue weighted by molar-refractivity contribution is 0.0306. The van der Waals surface area contributed by atoms with Crippen molar-refractivity contribution in [2.24, 2.45) is 0 Å². The summed E-state index contributed by atoms with van der Waals surface area (Å²) in [7, 11) is 0. The Morgan fingerprint density at radius 1 is 1.16 bits per heavy atom. The van der Waals surface area contributed by atoms with Gasteiger partial charge in [0.05, 0.1) is 11.1 Å². The molecule has 0 spiro atoms. The monoisotopic (exact) mass is 265 g/mol. The minimum absolute atomic E-state index is 0.0213. The molecule has 102 valence electrons. The highest BCUT2D eigenvalue weighted by molar-refractivity contribution is 6.21. The van der Waals surface area contributed by atoms with Gasteiger partial charge in [-0.1, -0.05) is 12.1 Å². The van der Waals surface area contributed by atoms with Crippen molar-refractivity contribution in [1.82, 2.24) is 4.90 Å². The van der Waals surface area contributed by atoms with Crippen LogP contribution in [0.3, 0.4) is 0 Å². The van der Waals surface area contributed by atoms with E-state index in [1.165, 1.54) is 4.90 Å². The Kier molecular flexibility index (Phi) is 3.95. The number of hydrogen-bond donors (Lipinski definition) is 1. The topological polar surface area (TPSA) is 57.6 Å². The third kappa shape index (κ3) is 2.66. The van der Waals surface area contributed by atoms with Crippen LogP contribution in [0.5, 0.6) is 0 Å². The second-order valence-corrected chi connectivity index (χ2v) is 4.74. The maximum Gasteiger partial charge on any atom is 0.261 e. The quantitative estimate of drug-likeness (QED) is 0.830. The molecule has 4 nitrogen and oxygen atoms in total. The summed E-state index contributed by atoms with van der Waals surface area (Å²) in [5.41, 5.74) is 0.842. The van der Waals surface area contributed by atoms with Crippen molar-refractivity contribution in [1.29, 1.82) is 0 Å². The zero-order chi connectivity index (χ0) is 14.0. The fraction of sp³-hybridized carbons (Fsp3) is 0.429. The molecular formula is C14H16FNO3. The molecule has 19 heavy (non-hydrogen) atoms.